The van der Waals surface area contributed by atoms with Crippen molar-refractivity contribution < 1.29 is 9.18 Å². The van der Waals surface area contributed by atoms with E-state index in [1.807, 2.05) is 13.8 Å². The van der Waals surface area contributed by atoms with Gasteiger partial charge in [-0.15, -0.1) is 0 Å². The summed E-state index contributed by atoms with van der Waals surface area (Å²) in [5.41, 5.74) is -0.0461. The van der Waals surface area contributed by atoms with Crippen molar-refractivity contribution in [1.82, 2.24) is 4.90 Å². The molecular weight excluding hydrogens is 333 g/mol. The molecule has 1 heterocycles. The molecule has 1 saturated heterocycles. The summed E-state index contributed by atoms with van der Waals surface area (Å²) in [5, 5.41) is 0. The number of Topliss-reactive ketones (excluding diaryl/α,β-unsaturated/α-hetero) is 1. The van der Waals surface area contributed by atoms with Gasteiger partial charge >= 0.3 is 0 Å². The van der Waals surface area contributed by atoms with Gasteiger partial charge in [0.25, 0.3) is 0 Å². The van der Waals surface area contributed by atoms with Gasteiger partial charge in [-0.3, -0.25) is 9.69 Å². The van der Waals surface area contributed by atoms with Crippen molar-refractivity contribution in [2.45, 2.75) is 51.5 Å². The maximum absolute atomic E-state index is 13.9. The molecule has 0 amide bonds. The Morgan fingerprint density at radius 3 is 2.43 bits per heavy atom. The van der Waals surface area contributed by atoms with Crippen LogP contribution in [0.2, 0.25) is 0 Å². The van der Waals surface area contributed by atoms with Crippen LogP contribution < -0.4 is 0 Å². The Kier molecular flexibility index (Phi) is 5.55. The lowest BCUT2D eigenvalue weighted by Gasteiger charge is -2.36. The molecule has 0 radical (unpaired) electrons. The summed E-state index contributed by atoms with van der Waals surface area (Å²) in [5.74, 6) is -0.227. The van der Waals surface area contributed by atoms with Crippen LogP contribution in [-0.4, -0.2) is 29.3 Å². The molecule has 1 aromatic carbocycles. The van der Waals surface area contributed by atoms with Gasteiger partial charge in [0.15, 0.2) is 5.78 Å². The molecule has 0 N–H and O–H groups in total. The van der Waals surface area contributed by atoms with Crippen LogP contribution in [0.5, 0.6) is 0 Å². The number of rotatable bonds is 4. The van der Waals surface area contributed by atoms with Crippen molar-refractivity contribution in [1.29, 1.82) is 0 Å². The van der Waals surface area contributed by atoms with E-state index in [0.717, 1.165) is 25.9 Å². The number of halogens is 2. The first-order valence-corrected chi connectivity index (χ1v) is 8.43. The second-order valence-electron chi connectivity index (χ2n) is 6.30. The lowest BCUT2D eigenvalue weighted by Crippen LogP contribution is -2.51. The number of carbonyl (C=O) groups is 1. The predicted octanol–water partition coefficient (Wildman–Crippen LogP) is 4.35. The van der Waals surface area contributed by atoms with Gasteiger partial charge in [-0.05, 0) is 57.5 Å². The van der Waals surface area contributed by atoms with Crippen molar-refractivity contribution in [3.05, 3.63) is 34.1 Å². The van der Waals surface area contributed by atoms with E-state index in [2.05, 4.69) is 20.8 Å². The Morgan fingerprint density at radius 1 is 1.24 bits per heavy atom. The number of benzene rings is 1. The first kappa shape index (κ1) is 16.6. The average molecular weight is 356 g/mol. The number of likely N-dealkylation sites (tertiary alicyclic amines) is 1. The third kappa shape index (κ3) is 4.13. The fourth-order valence-corrected chi connectivity index (χ4v) is 3.19. The van der Waals surface area contributed by atoms with Crippen LogP contribution in [0.15, 0.2) is 22.7 Å². The van der Waals surface area contributed by atoms with E-state index >= 15 is 0 Å². The lowest BCUT2D eigenvalue weighted by atomic mass is 9.91. The number of carbonyl (C=O) groups excluding carboxylic acids is 1. The zero-order chi connectivity index (χ0) is 15.5. The summed E-state index contributed by atoms with van der Waals surface area (Å²) in [6.07, 6.45) is 4.92. The first-order chi connectivity index (χ1) is 9.91. The molecule has 0 bridgehead atoms. The number of hydrogen-bond acceptors (Lipinski definition) is 2. The summed E-state index contributed by atoms with van der Waals surface area (Å²) in [7, 11) is 0. The maximum Gasteiger partial charge on any atom is 0.156 e. The van der Waals surface area contributed by atoms with Crippen molar-refractivity contribution in [2.24, 2.45) is 0 Å². The largest absolute Gasteiger partial charge is 0.297 e. The number of ketones is 1. The molecule has 2 rings (SSSR count). The predicted molar refractivity (Wildman–Crippen MR) is 86.9 cm³/mol. The summed E-state index contributed by atoms with van der Waals surface area (Å²) in [4.78, 5) is 14.9. The molecule has 4 heteroatoms. The summed E-state index contributed by atoms with van der Waals surface area (Å²) >= 11 is 3.24. The first-order valence-electron chi connectivity index (χ1n) is 7.63. The van der Waals surface area contributed by atoms with Gasteiger partial charge in [0, 0.05) is 10.9 Å². The van der Waals surface area contributed by atoms with Crippen LogP contribution in [0.25, 0.3) is 0 Å². The van der Waals surface area contributed by atoms with Gasteiger partial charge < -0.3 is 0 Å². The zero-order valence-corrected chi connectivity index (χ0v) is 14.4. The van der Waals surface area contributed by atoms with Crippen molar-refractivity contribution in [3.8, 4) is 0 Å². The van der Waals surface area contributed by atoms with Crippen LogP contribution in [0.1, 0.15) is 45.1 Å². The highest BCUT2D eigenvalue weighted by Crippen LogP contribution is 2.24. The molecule has 0 unspecified atom stereocenters. The molecule has 0 aromatic heterocycles. The normalized spacial score (nSPS) is 17.5. The lowest BCUT2D eigenvalue weighted by molar-refractivity contribution is -0.128. The standard InChI is InChI=1S/C17H23BrFNO/c1-17(2,20-9-5-3-4-6-10-20)16(21)11-13-7-8-14(18)12-15(13)19/h7-8,12H,3-6,9-11H2,1-2H3. The monoisotopic (exact) mass is 355 g/mol. The summed E-state index contributed by atoms with van der Waals surface area (Å²) in [6, 6.07) is 4.89. The average Bonchev–Trinajstić information content (AvgIpc) is 2.71. The Labute approximate surface area is 134 Å². The van der Waals surface area contributed by atoms with Gasteiger partial charge in [0.05, 0.1) is 5.54 Å². The Bertz CT molecular complexity index is 508. The molecule has 1 aromatic rings. The van der Waals surface area contributed by atoms with Gasteiger partial charge in [-0.1, -0.05) is 34.8 Å². The number of hydrogen-bond donors (Lipinski definition) is 0. The molecular formula is C17H23BrFNO. The fraction of sp³-hybridized carbons (Fsp3) is 0.588. The van der Waals surface area contributed by atoms with Gasteiger partial charge in [-0.25, -0.2) is 4.39 Å². The fourth-order valence-electron chi connectivity index (χ4n) is 2.86. The molecule has 1 aliphatic rings. The third-order valence-corrected chi connectivity index (χ3v) is 4.94. The van der Waals surface area contributed by atoms with Crippen molar-refractivity contribution >= 4 is 21.7 Å². The zero-order valence-electron chi connectivity index (χ0n) is 12.8. The van der Waals surface area contributed by atoms with E-state index in [9.17, 15) is 9.18 Å². The summed E-state index contributed by atoms with van der Waals surface area (Å²) < 4.78 is 14.6. The Balaban J connectivity index is 2.10. The Morgan fingerprint density at radius 2 is 1.86 bits per heavy atom. The minimum absolute atomic E-state index is 0.0885. The van der Waals surface area contributed by atoms with E-state index in [1.54, 1.807) is 12.1 Å². The molecule has 0 saturated carbocycles. The highest BCUT2D eigenvalue weighted by molar-refractivity contribution is 9.10. The Hall–Kier alpha value is -0.740. The van der Waals surface area contributed by atoms with Crippen LogP contribution in [0.4, 0.5) is 4.39 Å². The van der Waals surface area contributed by atoms with E-state index in [-0.39, 0.29) is 18.0 Å². The van der Waals surface area contributed by atoms with Gasteiger partial charge in [0.1, 0.15) is 5.82 Å². The SMILES string of the molecule is CC(C)(C(=O)Cc1ccc(Br)cc1F)N1CCCCCC1. The number of nitrogens with zero attached hydrogens (tertiary/aromatic N) is 1. The molecule has 2 nitrogen and oxygen atoms in total. The van der Waals surface area contributed by atoms with Crippen LogP contribution in [0, 0.1) is 5.82 Å². The topological polar surface area (TPSA) is 20.3 Å². The molecule has 1 fully saturated rings. The van der Waals surface area contributed by atoms with E-state index in [4.69, 9.17) is 0 Å². The smallest absolute Gasteiger partial charge is 0.156 e. The highest BCUT2D eigenvalue weighted by atomic mass is 79.9. The van der Waals surface area contributed by atoms with Gasteiger partial charge in [-0.2, -0.15) is 0 Å². The second kappa shape index (κ2) is 7.01. The van der Waals surface area contributed by atoms with Gasteiger partial charge in [0.2, 0.25) is 0 Å². The van der Waals surface area contributed by atoms with Crippen LogP contribution >= 0.6 is 15.9 Å². The minimum atomic E-state index is -0.524. The molecule has 116 valence electrons. The van der Waals surface area contributed by atoms with Crippen LogP contribution in [-0.2, 0) is 11.2 Å². The second-order valence-corrected chi connectivity index (χ2v) is 7.21. The highest BCUT2D eigenvalue weighted by Gasteiger charge is 2.34. The van der Waals surface area contributed by atoms with Crippen molar-refractivity contribution in [3.63, 3.8) is 0 Å². The molecule has 0 atom stereocenters. The van der Waals surface area contributed by atoms with Crippen LogP contribution in [0.3, 0.4) is 0 Å². The minimum Gasteiger partial charge on any atom is -0.297 e. The molecule has 21 heavy (non-hydrogen) atoms. The molecule has 0 spiro atoms. The van der Waals surface area contributed by atoms with E-state index in [0.29, 0.717) is 10.0 Å². The summed E-state index contributed by atoms with van der Waals surface area (Å²) in [6.45, 7) is 5.86. The quantitative estimate of drug-likeness (QED) is 0.799. The van der Waals surface area contributed by atoms with E-state index < -0.39 is 5.54 Å². The van der Waals surface area contributed by atoms with Crippen molar-refractivity contribution in [2.75, 3.05) is 13.1 Å². The maximum atomic E-state index is 13.9. The molecule has 1 aliphatic heterocycles. The molecule has 0 aliphatic carbocycles. The van der Waals surface area contributed by atoms with E-state index in [1.165, 1.54) is 18.9 Å². The third-order valence-electron chi connectivity index (χ3n) is 4.45.